The smallest absolute Gasteiger partial charge is 0.227 e. The minimum Gasteiger partial charge on any atom is -0.339 e. The van der Waals surface area contributed by atoms with Crippen molar-refractivity contribution in [2.75, 3.05) is 6.26 Å². The van der Waals surface area contributed by atoms with E-state index in [-0.39, 0.29) is 0 Å². The molecular formula is C14H15N5O2S. The predicted molar refractivity (Wildman–Crippen MR) is 80.4 cm³/mol. The van der Waals surface area contributed by atoms with E-state index < -0.39 is 10.8 Å². The van der Waals surface area contributed by atoms with E-state index in [1.165, 1.54) is 0 Å². The van der Waals surface area contributed by atoms with E-state index in [0.29, 0.717) is 29.8 Å². The molecule has 3 rings (SSSR count). The average Bonchev–Trinajstić information content (AvgIpc) is 3.17. The van der Waals surface area contributed by atoms with Gasteiger partial charge in [-0.1, -0.05) is 35.5 Å². The van der Waals surface area contributed by atoms with E-state index in [2.05, 4.69) is 20.3 Å². The van der Waals surface area contributed by atoms with Crippen molar-refractivity contribution in [3.63, 3.8) is 0 Å². The third kappa shape index (κ3) is 3.28. The molecule has 0 N–H and O–H groups in total. The van der Waals surface area contributed by atoms with Gasteiger partial charge in [0.05, 0.1) is 10.8 Å². The predicted octanol–water partition coefficient (Wildman–Crippen LogP) is 1.70. The fourth-order valence-electron chi connectivity index (χ4n) is 2.08. The molecule has 0 fully saturated rings. The molecule has 0 saturated carbocycles. The summed E-state index contributed by atoms with van der Waals surface area (Å²) in [5, 5.41) is 12.1. The van der Waals surface area contributed by atoms with Crippen LogP contribution in [0.4, 0.5) is 0 Å². The third-order valence-corrected chi connectivity index (χ3v) is 3.96. The molecule has 2 heterocycles. The van der Waals surface area contributed by atoms with Gasteiger partial charge in [-0.25, -0.2) is 0 Å². The van der Waals surface area contributed by atoms with Crippen LogP contribution in [0.2, 0.25) is 0 Å². The highest BCUT2D eigenvalue weighted by Crippen LogP contribution is 2.15. The number of hydrogen-bond acceptors (Lipinski definition) is 6. The van der Waals surface area contributed by atoms with Crippen molar-refractivity contribution in [3.8, 4) is 11.4 Å². The molecule has 0 aliphatic heterocycles. The Hall–Kier alpha value is -2.35. The normalized spacial score (nSPS) is 12.4. The topological polar surface area (TPSA) is 86.7 Å². The molecule has 0 radical (unpaired) electrons. The first kappa shape index (κ1) is 14.6. The van der Waals surface area contributed by atoms with Crippen molar-refractivity contribution >= 4 is 10.8 Å². The Morgan fingerprint density at radius 2 is 2.09 bits per heavy atom. The van der Waals surface area contributed by atoms with Crippen molar-refractivity contribution in [2.24, 2.45) is 0 Å². The van der Waals surface area contributed by atoms with Crippen molar-refractivity contribution in [2.45, 2.75) is 24.5 Å². The minimum atomic E-state index is -1.14. The van der Waals surface area contributed by atoms with Crippen LogP contribution in [0.25, 0.3) is 11.4 Å². The van der Waals surface area contributed by atoms with Crippen LogP contribution in [0.15, 0.2) is 46.3 Å². The van der Waals surface area contributed by atoms with E-state index in [0.717, 1.165) is 12.0 Å². The summed E-state index contributed by atoms with van der Waals surface area (Å²) in [4.78, 5) is 4.38. The number of nitrogens with zero attached hydrogens (tertiary/aromatic N) is 5. The molecule has 0 amide bonds. The number of benzene rings is 1. The Kier molecular flexibility index (Phi) is 4.38. The van der Waals surface area contributed by atoms with Crippen LogP contribution in [0, 0.1) is 0 Å². The summed E-state index contributed by atoms with van der Waals surface area (Å²) < 4.78 is 18.5. The zero-order valence-electron chi connectivity index (χ0n) is 12.0. The number of hydrogen-bond donors (Lipinski definition) is 0. The first-order chi connectivity index (χ1) is 10.7. The van der Waals surface area contributed by atoms with Gasteiger partial charge in [-0.2, -0.15) is 4.98 Å². The van der Waals surface area contributed by atoms with Crippen LogP contribution < -0.4 is 0 Å². The third-order valence-electron chi connectivity index (χ3n) is 3.13. The number of aryl methyl sites for hydroxylation is 2. The van der Waals surface area contributed by atoms with Gasteiger partial charge >= 0.3 is 0 Å². The van der Waals surface area contributed by atoms with Crippen molar-refractivity contribution in [1.82, 2.24) is 24.9 Å². The molecule has 0 unspecified atom stereocenters. The molecule has 0 aliphatic carbocycles. The maximum Gasteiger partial charge on any atom is 0.227 e. The first-order valence-corrected chi connectivity index (χ1v) is 8.39. The van der Waals surface area contributed by atoms with Gasteiger partial charge < -0.3 is 9.09 Å². The quantitative estimate of drug-likeness (QED) is 0.687. The number of rotatable bonds is 6. The van der Waals surface area contributed by atoms with Gasteiger partial charge in [0.1, 0.15) is 6.33 Å². The minimum absolute atomic E-state index is 0.482. The molecule has 8 heteroatoms. The summed E-state index contributed by atoms with van der Waals surface area (Å²) in [6.07, 6.45) is 4.59. The highest BCUT2D eigenvalue weighted by Gasteiger charge is 2.10. The zero-order valence-corrected chi connectivity index (χ0v) is 12.9. The molecule has 0 bridgehead atoms. The second-order valence-electron chi connectivity index (χ2n) is 4.74. The lowest BCUT2D eigenvalue weighted by Gasteiger charge is -2.02. The summed E-state index contributed by atoms with van der Waals surface area (Å²) in [6, 6.07) is 9.69. The SMILES string of the molecule is C[S@@](=O)c1nncn1CCCc1nc(-c2ccccc2)no1. The van der Waals surface area contributed by atoms with Crippen LogP contribution in [-0.2, 0) is 23.8 Å². The number of aromatic nitrogens is 5. The summed E-state index contributed by atoms with van der Waals surface area (Å²) >= 11 is 0. The van der Waals surface area contributed by atoms with Gasteiger partial charge in [-0.15, -0.1) is 10.2 Å². The van der Waals surface area contributed by atoms with Gasteiger partial charge in [0.2, 0.25) is 16.9 Å². The van der Waals surface area contributed by atoms with Crippen molar-refractivity contribution in [1.29, 1.82) is 0 Å². The van der Waals surface area contributed by atoms with Crippen LogP contribution in [-0.4, -0.2) is 35.4 Å². The summed E-state index contributed by atoms with van der Waals surface area (Å²) in [7, 11) is -1.14. The first-order valence-electron chi connectivity index (χ1n) is 6.83. The average molecular weight is 317 g/mol. The van der Waals surface area contributed by atoms with Crippen molar-refractivity contribution < 1.29 is 8.73 Å². The second-order valence-corrected chi connectivity index (χ2v) is 6.02. The Bertz CT molecular complexity index is 768. The van der Waals surface area contributed by atoms with Gasteiger partial charge in [-0.05, 0) is 6.42 Å². The van der Waals surface area contributed by atoms with E-state index in [1.807, 2.05) is 30.3 Å². The summed E-state index contributed by atoms with van der Waals surface area (Å²) in [5.41, 5.74) is 0.931. The van der Waals surface area contributed by atoms with E-state index in [1.54, 1.807) is 17.2 Å². The van der Waals surface area contributed by atoms with Crippen LogP contribution >= 0.6 is 0 Å². The van der Waals surface area contributed by atoms with Crippen LogP contribution in [0.1, 0.15) is 12.3 Å². The lowest BCUT2D eigenvalue weighted by molar-refractivity contribution is 0.372. The molecule has 22 heavy (non-hydrogen) atoms. The molecule has 0 aliphatic rings. The Labute approximate surface area is 129 Å². The molecule has 0 saturated heterocycles. The molecule has 0 spiro atoms. The monoisotopic (exact) mass is 317 g/mol. The molecule has 114 valence electrons. The van der Waals surface area contributed by atoms with Gasteiger partial charge in [0, 0.05) is 24.8 Å². The molecule has 1 aromatic carbocycles. The fraction of sp³-hybridized carbons (Fsp3) is 0.286. The highest BCUT2D eigenvalue weighted by molar-refractivity contribution is 7.84. The van der Waals surface area contributed by atoms with Crippen LogP contribution in [0.5, 0.6) is 0 Å². The second kappa shape index (κ2) is 6.61. The van der Waals surface area contributed by atoms with E-state index >= 15 is 0 Å². The maximum atomic E-state index is 11.5. The standard InChI is InChI=1S/C14H15N5O2S/c1-22(20)14-17-15-10-19(14)9-5-8-12-16-13(18-21-12)11-6-3-2-4-7-11/h2-4,6-7,10H,5,8-9H2,1H3/t22-/m1/s1. The largest absolute Gasteiger partial charge is 0.339 e. The van der Waals surface area contributed by atoms with Gasteiger partial charge in [-0.3, -0.25) is 4.21 Å². The Morgan fingerprint density at radius 3 is 2.86 bits per heavy atom. The van der Waals surface area contributed by atoms with Crippen LogP contribution in [0.3, 0.4) is 0 Å². The maximum absolute atomic E-state index is 11.5. The molecular weight excluding hydrogens is 302 g/mol. The van der Waals surface area contributed by atoms with Gasteiger partial charge in [0.25, 0.3) is 0 Å². The molecule has 2 aromatic heterocycles. The molecule has 7 nitrogen and oxygen atoms in total. The fourth-order valence-corrected chi connectivity index (χ4v) is 2.71. The van der Waals surface area contributed by atoms with E-state index in [4.69, 9.17) is 4.52 Å². The zero-order chi connectivity index (χ0) is 15.4. The summed E-state index contributed by atoms with van der Waals surface area (Å²) in [5.74, 6) is 1.18. The molecule has 3 aromatic rings. The van der Waals surface area contributed by atoms with Gasteiger partial charge in [0.15, 0.2) is 0 Å². The molecule has 1 atom stereocenters. The lowest BCUT2D eigenvalue weighted by atomic mass is 10.2. The highest BCUT2D eigenvalue weighted by atomic mass is 32.2. The van der Waals surface area contributed by atoms with Crippen molar-refractivity contribution in [3.05, 3.63) is 42.5 Å². The lowest BCUT2D eigenvalue weighted by Crippen LogP contribution is -2.05. The van der Waals surface area contributed by atoms with E-state index in [9.17, 15) is 4.21 Å². The Balaban J connectivity index is 1.60. The summed E-state index contributed by atoms with van der Waals surface area (Å²) in [6.45, 7) is 0.658. The Morgan fingerprint density at radius 1 is 1.27 bits per heavy atom.